The van der Waals surface area contributed by atoms with Gasteiger partial charge in [0.1, 0.15) is 12.0 Å². The van der Waals surface area contributed by atoms with Crippen LogP contribution >= 0.6 is 0 Å². The second-order valence-electron chi connectivity index (χ2n) is 3.08. The van der Waals surface area contributed by atoms with E-state index in [0.29, 0.717) is 5.92 Å². The van der Waals surface area contributed by atoms with Crippen molar-refractivity contribution in [1.29, 1.82) is 0 Å². The lowest BCUT2D eigenvalue weighted by atomic mass is 10.0. The summed E-state index contributed by atoms with van der Waals surface area (Å²) in [7, 11) is 0. The molecule has 0 aliphatic heterocycles. The van der Waals surface area contributed by atoms with Crippen molar-refractivity contribution in [3.8, 4) is 0 Å². The Labute approximate surface area is 78.2 Å². The largest absolute Gasteiger partial charge is 0.233 e. The second kappa shape index (κ2) is 3.94. The molecule has 0 unspecified atom stereocenters. The summed E-state index contributed by atoms with van der Waals surface area (Å²) >= 11 is 0. The Kier molecular flexibility index (Phi) is 2.90. The molecule has 3 heteroatoms. The lowest BCUT2D eigenvalue weighted by molar-refractivity contribution is 0.831. The monoisotopic (exact) mass is 175 g/mol. The third-order valence-electron chi connectivity index (χ3n) is 1.84. The van der Waals surface area contributed by atoms with Gasteiger partial charge in [0.05, 0.1) is 5.69 Å². The maximum atomic E-state index is 4.05. The molecule has 1 heterocycles. The summed E-state index contributed by atoms with van der Waals surface area (Å²) in [6.45, 7) is 11.7. The number of aromatic nitrogens is 3. The van der Waals surface area contributed by atoms with E-state index in [4.69, 9.17) is 0 Å². The van der Waals surface area contributed by atoms with E-state index in [0.717, 1.165) is 17.0 Å². The van der Waals surface area contributed by atoms with Gasteiger partial charge in [0.15, 0.2) is 0 Å². The van der Waals surface area contributed by atoms with E-state index >= 15 is 0 Å². The lowest BCUT2D eigenvalue weighted by Gasteiger charge is -2.08. The van der Waals surface area contributed by atoms with E-state index in [2.05, 4.69) is 42.2 Å². The van der Waals surface area contributed by atoms with Crippen LogP contribution in [0.3, 0.4) is 0 Å². The van der Waals surface area contributed by atoms with Crippen LogP contribution in [0.25, 0.3) is 11.6 Å². The predicted octanol–water partition coefficient (Wildman–Crippen LogP) is 2.18. The van der Waals surface area contributed by atoms with Crippen LogP contribution in [0, 0.1) is 5.92 Å². The molecule has 1 rings (SSSR count). The van der Waals surface area contributed by atoms with Crippen LogP contribution in [0.5, 0.6) is 0 Å². The highest BCUT2D eigenvalue weighted by atomic mass is 15.1. The molecule has 0 aliphatic rings. The third kappa shape index (κ3) is 1.99. The number of hydrogen-bond acceptors (Lipinski definition) is 3. The minimum absolute atomic E-state index is 0.345. The maximum absolute atomic E-state index is 4.05. The summed E-state index contributed by atoms with van der Waals surface area (Å²) in [6, 6.07) is 0. The molecule has 1 aromatic rings. The van der Waals surface area contributed by atoms with Crippen LogP contribution in [0.15, 0.2) is 19.5 Å². The Morgan fingerprint density at radius 2 is 2.23 bits per heavy atom. The highest BCUT2D eigenvalue weighted by Gasteiger charge is 2.09. The van der Waals surface area contributed by atoms with E-state index in [1.807, 2.05) is 0 Å². The lowest BCUT2D eigenvalue weighted by Crippen LogP contribution is -2.01. The van der Waals surface area contributed by atoms with Gasteiger partial charge in [-0.1, -0.05) is 27.0 Å². The summed E-state index contributed by atoms with van der Waals surface area (Å²) in [5.74, 6) is 0.345. The first kappa shape index (κ1) is 9.58. The average molecular weight is 175 g/mol. The van der Waals surface area contributed by atoms with Crippen molar-refractivity contribution < 1.29 is 0 Å². The van der Waals surface area contributed by atoms with Gasteiger partial charge >= 0.3 is 0 Å². The van der Waals surface area contributed by atoms with Gasteiger partial charge in [-0.05, 0) is 17.6 Å². The Bertz CT molecular complexity index is 329. The van der Waals surface area contributed by atoms with Crippen LogP contribution in [0.4, 0.5) is 0 Å². The second-order valence-corrected chi connectivity index (χ2v) is 3.08. The summed E-state index contributed by atoms with van der Waals surface area (Å²) < 4.78 is 0. The molecule has 13 heavy (non-hydrogen) atoms. The van der Waals surface area contributed by atoms with Gasteiger partial charge in [-0.15, -0.1) is 10.2 Å². The summed E-state index contributed by atoms with van der Waals surface area (Å²) in [6.07, 6.45) is 3.08. The normalized spacial score (nSPS) is 10.1. The van der Waals surface area contributed by atoms with Crippen LogP contribution in [0.1, 0.15) is 25.2 Å². The SMILES string of the molecule is C=Cc1ncnnc1C(=C)C(C)C. The molecule has 0 saturated carbocycles. The summed E-state index contributed by atoms with van der Waals surface area (Å²) in [5, 5.41) is 7.71. The molecule has 0 N–H and O–H groups in total. The Morgan fingerprint density at radius 1 is 1.54 bits per heavy atom. The Balaban J connectivity index is 3.13. The van der Waals surface area contributed by atoms with Crippen LogP contribution in [0.2, 0.25) is 0 Å². The van der Waals surface area contributed by atoms with Crippen LogP contribution in [-0.2, 0) is 0 Å². The molecule has 0 radical (unpaired) electrons. The van der Waals surface area contributed by atoms with Gasteiger partial charge in [-0.25, -0.2) is 4.98 Å². The van der Waals surface area contributed by atoms with Crippen molar-refractivity contribution in [2.75, 3.05) is 0 Å². The fraction of sp³-hybridized carbons (Fsp3) is 0.300. The molecular formula is C10H13N3. The van der Waals surface area contributed by atoms with Gasteiger partial charge in [0.2, 0.25) is 0 Å². The molecule has 0 bridgehead atoms. The van der Waals surface area contributed by atoms with E-state index in [1.165, 1.54) is 6.33 Å². The van der Waals surface area contributed by atoms with E-state index in [-0.39, 0.29) is 0 Å². The number of allylic oxidation sites excluding steroid dienone is 1. The summed E-state index contributed by atoms with van der Waals surface area (Å²) in [4.78, 5) is 4.05. The number of nitrogens with zero attached hydrogens (tertiary/aromatic N) is 3. The minimum atomic E-state index is 0.345. The highest BCUT2D eigenvalue weighted by Crippen LogP contribution is 2.20. The topological polar surface area (TPSA) is 38.7 Å². The smallest absolute Gasteiger partial charge is 0.138 e. The molecule has 0 atom stereocenters. The van der Waals surface area contributed by atoms with Gasteiger partial charge in [0.25, 0.3) is 0 Å². The molecule has 0 fully saturated rings. The minimum Gasteiger partial charge on any atom is -0.233 e. The Hall–Kier alpha value is -1.51. The van der Waals surface area contributed by atoms with Crippen LogP contribution in [-0.4, -0.2) is 15.2 Å². The van der Waals surface area contributed by atoms with Gasteiger partial charge in [-0.2, -0.15) is 0 Å². The number of rotatable bonds is 3. The molecule has 1 aromatic heterocycles. The van der Waals surface area contributed by atoms with E-state index in [1.54, 1.807) is 6.08 Å². The van der Waals surface area contributed by atoms with Crippen molar-refractivity contribution >= 4 is 11.6 Å². The molecular weight excluding hydrogens is 162 g/mol. The average Bonchev–Trinajstić information content (AvgIpc) is 2.16. The molecule has 0 spiro atoms. The quantitative estimate of drug-likeness (QED) is 0.706. The summed E-state index contributed by atoms with van der Waals surface area (Å²) in [5.41, 5.74) is 2.43. The van der Waals surface area contributed by atoms with Crippen LogP contribution < -0.4 is 0 Å². The fourth-order valence-corrected chi connectivity index (χ4v) is 0.935. The van der Waals surface area contributed by atoms with Gasteiger partial charge in [0, 0.05) is 0 Å². The standard InChI is InChI=1S/C10H13N3/c1-5-9-10(8(4)7(2)3)13-12-6-11-9/h5-7H,1,4H2,2-3H3. The number of hydrogen-bond donors (Lipinski definition) is 0. The zero-order valence-corrected chi connectivity index (χ0v) is 7.99. The fourth-order valence-electron chi connectivity index (χ4n) is 0.935. The van der Waals surface area contributed by atoms with Crippen molar-refractivity contribution in [2.24, 2.45) is 5.92 Å². The van der Waals surface area contributed by atoms with Crippen molar-refractivity contribution in [2.45, 2.75) is 13.8 Å². The molecule has 0 aromatic carbocycles. The molecule has 0 saturated heterocycles. The van der Waals surface area contributed by atoms with Crippen molar-refractivity contribution in [1.82, 2.24) is 15.2 Å². The van der Waals surface area contributed by atoms with Crippen molar-refractivity contribution in [3.05, 3.63) is 30.9 Å². The first-order chi connectivity index (χ1) is 6.16. The highest BCUT2D eigenvalue weighted by molar-refractivity contribution is 5.68. The zero-order chi connectivity index (χ0) is 9.84. The van der Waals surface area contributed by atoms with Gasteiger partial charge < -0.3 is 0 Å². The molecule has 0 amide bonds. The molecule has 0 aliphatic carbocycles. The van der Waals surface area contributed by atoms with E-state index in [9.17, 15) is 0 Å². The Morgan fingerprint density at radius 3 is 2.77 bits per heavy atom. The maximum Gasteiger partial charge on any atom is 0.138 e. The van der Waals surface area contributed by atoms with Gasteiger partial charge in [-0.3, -0.25) is 0 Å². The van der Waals surface area contributed by atoms with E-state index < -0.39 is 0 Å². The molecule has 68 valence electrons. The third-order valence-corrected chi connectivity index (χ3v) is 1.84. The zero-order valence-electron chi connectivity index (χ0n) is 7.99. The molecule has 3 nitrogen and oxygen atoms in total. The van der Waals surface area contributed by atoms with Crippen molar-refractivity contribution in [3.63, 3.8) is 0 Å². The first-order valence-corrected chi connectivity index (χ1v) is 4.16. The predicted molar refractivity (Wildman–Crippen MR) is 53.8 cm³/mol. The first-order valence-electron chi connectivity index (χ1n) is 4.16.